The Kier molecular flexibility index (Phi) is 4.72. The maximum absolute atomic E-state index is 12.5. The van der Waals surface area contributed by atoms with E-state index in [1.807, 2.05) is 0 Å². The van der Waals surface area contributed by atoms with Crippen LogP contribution in [0.15, 0.2) is 24.3 Å². The molecule has 1 rings (SSSR count). The van der Waals surface area contributed by atoms with Crippen molar-refractivity contribution in [2.24, 2.45) is 5.73 Å². The van der Waals surface area contributed by atoms with Crippen molar-refractivity contribution in [2.75, 3.05) is 6.54 Å². The molecule has 100 valence electrons. The van der Waals surface area contributed by atoms with Gasteiger partial charge in [-0.2, -0.15) is 13.2 Å². The van der Waals surface area contributed by atoms with Gasteiger partial charge in [-0.05, 0) is 24.6 Å². The molecular weight excluding hydrogens is 245 g/mol. The number of carbonyl (C=O) groups excluding carboxylic acids is 1. The van der Waals surface area contributed by atoms with E-state index in [4.69, 9.17) is 5.73 Å². The van der Waals surface area contributed by atoms with E-state index >= 15 is 0 Å². The molecule has 0 saturated carbocycles. The van der Waals surface area contributed by atoms with E-state index in [-0.39, 0.29) is 18.9 Å². The van der Waals surface area contributed by atoms with Crippen molar-refractivity contribution < 1.29 is 18.0 Å². The molecule has 0 aromatic heterocycles. The summed E-state index contributed by atoms with van der Waals surface area (Å²) in [6.07, 6.45) is -4.22. The van der Waals surface area contributed by atoms with E-state index in [2.05, 4.69) is 5.32 Å². The third kappa shape index (κ3) is 4.03. The molecule has 1 aromatic rings. The van der Waals surface area contributed by atoms with Crippen molar-refractivity contribution in [1.82, 2.24) is 5.32 Å². The van der Waals surface area contributed by atoms with Gasteiger partial charge < -0.3 is 11.1 Å². The summed E-state index contributed by atoms with van der Waals surface area (Å²) in [7, 11) is 0. The Hall–Kier alpha value is -1.56. The molecule has 0 bridgehead atoms. The van der Waals surface area contributed by atoms with Crippen LogP contribution in [0.25, 0.3) is 0 Å². The lowest BCUT2D eigenvalue weighted by molar-refractivity contribution is -0.137. The van der Waals surface area contributed by atoms with Crippen LogP contribution in [-0.2, 0) is 11.0 Å². The maximum Gasteiger partial charge on any atom is 0.416 e. The topological polar surface area (TPSA) is 55.1 Å². The standard InChI is InChI=1S/C12H15F3N2O/c1-8(17-11(18)5-6-16)9-3-2-4-10(7-9)12(13,14)15/h2-4,7-8H,5-6,16H2,1H3,(H,17,18). The van der Waals surface area contributed by atoms with Gasteiger partial charge in [-0.15, -0.1) is 0 Å². The smallest absolute Gasteiger partial charge is 0.350 e. The lowest BCUT2D eigenvalue weighted by Crippen LogP contribution is -2.28. The quantitative estimate of drug-likeness (QED) is 0.872. The van der Waals surface area contributed by atoms with Crippen LogP contribution in [-0.4, -0.2) is 12.5 Å². The van der Waals surface area contributed by atoms with Crippen LogP contribution >= 0.6 is 0 Å². The van der Waals surface area contributed by atoms with Gasteiger partial charge in [0.1, 0.15) is 0 Å². The number of carbonyl (C=O) groups is 1. The fourth-order valence-electron chi connectivity index (χ4n) is 1.51. The number of hydrogen-bond donors (Lipinski definition) is 2. The zero-order valence-corrected chi connectivity index (χ0v) is 9.92. The lowest BCUT2D eigenvalue weighted by atomic mass is 10.0. The van der Waals surface area contributed by atoms with Crippen LogP contribution in [0, 0.1) is 0 Å². The van der Waals surface area contributed by atoms with E-state index in [1.54, 1.807) is 13.0 Å². The van der Waals surface area contributed by atoms with Gasteiger partial charge in [-0.3, -0.25) is 4.79 Å². The molecule has 18 heavy (non-hydrogen) atoms. The Balaban J connectivity index is 2.80. The Morgan fingerprint density at radius 1 is 1.44 bits per heavy atom. The predicted molar refractivity (Wildman–Crippen MR) is 61.7 cm³/mol. The second-order valence-electron chi connectivity index (χ2n) is 3.95. The Bertz CT molecular complexity index is 418. The first-order valence-corrected chi connectivity index (χ1v) is 5.51. The third-order valence-electron chi connectivity index (χ3n) is 2.46. The molecular formula is C12H15F3N2O. The first kappa shape index (κ1) is 14.5. The highest BCUT2D eigenvalue weighted by Gasteiger charge is 2.30. The maximum atomic E-state index is 12.5. The minimum atomic E-state index is -4.38. The van der Waals surface area contributed by atoms with E-state index < -0.39 is 17.8 Å². The van der Waals surface area contributed by atoms with Crippen LogP contribution in [0.5, 0.6) is 0 Å². The van der Waals surface area contributed by atoms with Crippen LogP contribution in [0.2, 0.25) is 0 Å². The third-order valence-corrected chi connectivity index (χ3v) is 2.46. The molecule has 0 saturated heterocycles. The number of amides is 1. The van der Waals surface area contributed by atoms with Gasteiger partial charge >= 0.3 is 6.18 Å². The molecule has 0 aliphatic heterocycles. The highest BCUT2D eigenvalue weighted by atomic mass is 19.4. The largest absolute Gasteiger partial charge is 0.416 e. The normalized spacial score (nSPS) is 13.2. The fraction of sp³-hybridized carbons (Fsp3) is 0.417. The van der Waals surface area contributed by atoms with Crippen LogP contribution < -0.4 is 11.1 Å². The molecule has 0 heterocycles. The number of halogens is 3. The predicted octanol–water partition coefficient (Wildman–Crippen LogP) is 2.23. The van der Waals surface area contributed by atoms with Crippen molar-refractivity contribution in [3.05, 3.63) is 35.4 Å². The highest BCUT2D eigenvalue weighted by Crippen LogP contribution is 2.30. The number of rotatable bonds is 4. The van der Waals surface area contributed by atoms with E-state index in [0.717, 1.165) is 12.1 Å². The molecule has 3 nitrogen and oxygen atoms in total. The Labute approximate surface area is 103 Å². The Morgan fingerprint density at radius 3 is 2.67 bits per heavy atom. The number of hydrogen-bond acceptors (Lipinski definition) is 2. The number of nitrogens with one attached hydrogen (secondary N) is 1. The van der Waals surface area contributed by atoms with E-state index in [1.165, 1.54) is 6.07 Å². The first-order chi connectivity index (χ1) is 8.34. The average molecular weight is 260 g/mol. The minimum absolute atomic E-state index is 0.156. The summed E-state index contributed by atoms with van der Waals surface area (Å²) in [5.41, 5.74) is 4.91. The zero-order valence-electron chi connectivity index (χ0n) is 9.92. The highest BCUT2D eigenvalue weighted by molar-refractivity contribution is 5.76. The van der Waals surface area contributed by atoms with Crippen molar-refractivity contribution >= 4 is 5.91 Å². The molecule has 3 N–H and O–H groups in total. The molecule has 0 aliphatic rings. The van der Waals surface area contributed by atoms with E-state index in [0.29, 0.717) is 5.56 Å². The second-order valence-corrected chi connectivity index (χ2v) is 3.95. The molecule has 0 radical (unpaired) electrons. The summed E-state index contributed by atoms with van der Waals surface area (Å²) in [5, 5.41) is 2.59. The summed E-state index contributed by atoms with van der Waals surface area (Å²) in [6.45, 7) is 1.84. The molecule has 0 spiro atoms. The van der Waals surface area contributed by atoms with Crippen LogP contribution in [0.3, 0.4) is 0 Å². The number of nitrogens with two attached hydrogens (primary N) is 1. The number of benzene rings is 1. The fourth-order valence-corrected chi connectivity index (χ4v) is 1.51. The zero-order chi connectivity index (χ0) is 13.8. The van der Waals surface area contributed by atoms with Gasteiger partial charge in [0.25, 0.3) is 0 Å². The van der Waals surface area contributed by atoms with Crippen molar-refractivity contribution in [2.45, 2.75) is 25.6 Å². The monoisotopic (exact) mass is 260 g/mol. The van der Waals surface area contributed by atoms with Gasteiger partial charge in [0.15, 0.2) is 0 Å². The molecule has 0 aliphatic carbocycles. The Morgan fingerprint density at radius 2 is 2.11 bits per heavy atom. The van der Waals surface area contributed by atoms with Crippen molar-refractivity contribution in [1.29, 1.82) is 0 Å². The van der Waals surface area contributed by atoms with Gasteiger partial charge in [0, 0.05) is 13.0 Å². The average Bonchev–Trinajstić information content (AvgIpc) is 2.28. The van der Waals surface area contributed by atoms with Crippen LogP contribution in [0.4, 0.5) is 13.2 Å². The van der Waals surface area contributed by atoms with Gasteiger partial charge in [0.05, 0.1) is 11.6 Å². The van der Waals surface area contributed by atoms with Gasteiger partial charge in [0.2, 0.25) is 5.91 Å². The minimum Gasteiger partial charge on any atom is -0.350 e. The summed E-state index contributed by atoms with van der Waals surface area (Å²) in [5.74, 6) is -0.276. The second kappa shape index (κ2) is 5.86. The van der Waals surface area contributed by atoms with Gasteiger partial charge in [-0.1, -0.05) is 12.1 Å². The summed E-state index contributed by atoms with van der Waals surface area (Å²) in [6, 6.07) is 4.42. The number of alkyl halides is 3. The molecule has 1 atom stereocenters. The lowest BCUT2D eigenvalue weighted by Gasteiger charge is -2.16. The molecule has 1 aromatic carbocycles. The SMILES string of the molecule is CC(NC(=O)CCN)c1cccc(C(F)(F)F)c1. The van der Waals surface area contributed by atoms with Gasteiger partial charge in [-0.25, -0.2) is 0 Å². The molecule has 1 amide bonds. The summed E-state index contributed by atoms with van der Waals surface area (Å²) >= 11 is 0. The van der Waals surface area contributed by atoms with E-state index in [9.17, 15) is 18.0 Å². The van der Waals surface area contributed by atoms with Crippen molar-refractivity contribution in [3.63, 3.8) is 0 Å². The first-order valence-electron chi connectivity index (χ1n) is 5.51. The molecule has 1 unspecified atom stereocenters. The molecule has 6 heteroatoms. The van der Waals surface area contributed by atoms with Crippen molar-refractivity contribution in [3.8, 4) is 0 Å². The summed E-state index contributed by atoms with van der Waals surface area (Å²) in [4.78, 5) is 11.3. The molecule has 0 fully saturated rings. The van der Waals surface area contributed by atoms with Crippen LogP contribution in [0.1, 0.15) is 30.5 Å². The summed E-state index contributed by atoms with van der Waals surface area (Å²) < 4.78 is 37.5.